The Morgan fingerprint density at radius 1 is 1.14 bits per heavy atom. The van der Waals surface area contributed by atoms with E-state index >= 15 is 0 Å². The fourth-order valence-electron chi connectivity index (χ4n) is 5.67. The van der Waals surface area contributed by atoms with Crippen LogP contribution in [0.3, 0.4) is 0 Å². The molecule has 2 heterocycles. The third-order valence-corrected chi connectivity index (χ3v) is 7.67. The number of aldehydes is 2. The minimum atomic E-state index is -1.20. The van der Waals surface area contributed by atoms with Crippen molar-refractivity contribution in [3.63, 3.8) is 0 Å². The largest absolute Gasteiger partial charge is 0.460 e. The van der Waals surface area contributed by atoms with Crippen LogP contribution in [0.4, 0.5) is 0 Å². The standard InChI is InChI=1S/C29H35NO5/c1-19(2)12-21-16-30-11-10-20-13-22(17-31)23(18-32)14-25(20)26(30)15-27(21)35-28(33)29(3,34-4)24-8-6-5-7-9-24/h5-9,13-14,17-19,21,26-27H,10-12,15-16H2,1-4H3/t21-,26+,27-,29-/m1/s1. The molecule has 0 aromatic heterocycles. The first-order valence-corrected chi connectivity index (χ1v) is 12.4. The van der Waals surface area contributed by atoms with Gasteiger partial charge in [-0.2, -0.15) is 0 Å². The second-order valence-corrected chi connectivity index (χ2v) is 10.3. The first-order valence-electron chi connectivity index (χ1n) is 12.4. The highest BCUT2D eigenvalue weighted by Crippen LogP contribution is 2.42. The number of rotatable bonds is 8. The van der Waals surface area contributed by atoms with Gasteiger partial charge in [-0.1, -0.05) is 44.2 Å². The Bertz CT molecular complexity index is 1080. The molecule has 0 aliphatic carbocycles. The minimum absolute atomic E-state index is 0.0323. The van der Waals surface area contributed by atoms with Crippen LogP contribution in [-0.4, -0.2) is 49.7 Å². The maximum atomic E-state index is 13.5. The fraction of sp³-hybridized carbons (Fsp3) is 0.483. The van der Waals surface area contributed by atoms with Gasteiger partial charge in [-0.15, -0.1) is 0 Å². The lowest BCUT2D eigenvalue weighted by Gasteiger charge is -2.47. The van der Waals surface area contributed by atoms with Crippen molar-refractivity contribution in [3.8, 4) is 0 Å². The van der Waals surface area contributed by atoms with Crippen molar-refractivity contribution in [3.05, 3.63) is 70.3 Å². The lowest BCUT2D eigenvalue weighted by atomic mass is 9.78. The second kappa shape index (κ2) is 10.4. The molecule has 6 heteroatoms. The van der Waals surface area contributed by atoms with Gasteiger partial charge in [0, 0.05) is 49.7 Å². The van der Waals surface area contributed by atoms with E-state index < -0.39 is 5.60 Å². The highest BCUT2D eigenvalue weighted by Gasteiger charge is 2.44. The van der Waals surface area contributed by atoms with Gasteiger partial charge in [0.1, 0.15) is 6.10 Å². The first-order chi connectivity index (χ1) is 16.8. The predicted molar refractivity (Wildman–Crippen MR) is 133 cm³/mol. The molecule has 1 saturated heterocycles. The Balaban J connectivity index is 1.65. The van der Waals surface area contributed by atoms with E-state index in [-0.39, 0.29) is 24.0 Å². The quantitative estimate of drug-likeness (QED) is 0.404. The fourth-order valence-corrected chi connectivity index (χ4v) is 5.67. The second-order valence-electron chi connectivity index (χ2n) is 10.3. The molecular weight excluding hydrogens is 442 g/mol. The number of esters is 1. The average molecular weight is 478 g/mol. The van der Waals surface area contributed by atoms with Crippen LogP contribution >= 0.6 is 0 Å². The predicted octanol–water partition coefficient (Wildman–Crippen LogP) is 4.75. The Labute approximate surface area is 207 Å². The normalized spacial score (nSPS) is 23.6. The maximum Gasteiger partial charge on any atom is 0.343 e. The van der Waals surface area contributed by atoms with Crippen LogP contribution < -0.4 is 0 Å². The maximum absolute atomic E-state index is 13.5. The van der Waals surface area contributed by atoms with Crippen molar-refractivity contribution in [2.24, 2.45) is 11.8 Å². The Morgan fingerprint density at radius 3 is 2.46 bits per heavy atom. The molecule has 2 aromatic carbocycles. The highest BCUT2D eigenvalue weighted by atomic mass is 16.6. The van der Waals surface area contributed by atoms with Crippen LogP contribution in [0.5, 0.6) is 0 Å². The molecule has 0 radical (unpaired) electrons. The molecule has 4 rings (SSSR count). The third-order valence-electron chi connectivity index (χ3n) is 7.67. The summed E-state index contributed by atoms with van der Waals surface area (Å²) in [4.78, 5) is 39.1. The summed E-state index contributed by atoms with van der Waals surface area (Å²) in [5.74, 6) is 0.280. The zero-order valence-electron chi connectivity index (χ0n) is 21.0. The molecule has 4 atom stereocenters. The van der Waals surface area contributed by atoms with Crippen molar-refractivity contribution in [2.75, 3.05) is 20.2 Å². The molecule has 35 heavy (non-hydrogen) atoms. The van der Waals surface area contributed by atoms with Crippen LogP contribution in [0, 0.1) is 11.8 Å². The van der Waals surface area contributed by atoms with Crippen molar-refractivity contribution >= 4 is 18.5 Å². The number of carbonyl (C=O) groups is 3. The van der Waals surface area contributed by atoms with Crippen LogP contribution in [0.1, 0.15) is 77.1 Å². The van der Waals surface area contributed by atoms with E-state index in [1.165, 1.54) is 7.11 Å². The highest BCUT2D eigenvalue weighted by molar-refractivity contribution is 5.91. The van der Waals surface area contributed by atoms with Gasteiger partial charge < -0.3 is 9.47 Å². The number of fused-ring (bicyclic) bond motifs is 3. The van der Waals surface area contributed by atoms with Crippen molar-refractivity contribution in [1.82, 2.24) is 4.90 Å². The van der Waals surface area contributed by atoms with Crippen LogP contribution in [0.25, 0.3) is 0 Å². The molecule has 2 aliphatic rings. The molecule has 186 valence electrons. The van der Waals surface area contributed by atoms with E-state index in [4.69, 9.17) is 9.47 Å². The van der Waals surface area contributed by atoms with E-state index in [0.29, 0.717) is 23.5 Å². The van der Waals surface area contributed by atoms with Crippen molar-refractivity contribution in [2.45, 2.75) is 57.8 Å². The van der Waals surface area contributed by atoms with Crippen molar-refractivity contribution < 1.29 is 23.9 Å². The monoisotopic (exact) mass is 477 g/mol. The van der Waals surface area contributed by atoms with E-state index in [2.05, 4.69) is 18.7 Å². The van der Waals surface area contributed by atoms with E-state index in [1.54, 1.807) is 6.92 Å². The number of hydrogen-bond acceptors (Lipinski definition) is 6. The van der Waals surface area contributed by atoms with Gasteiger partial charge >= 0.3 is 5.97 Å². The molecular formula is C29H35NO5. The average Bonchev–Trinajstić information content (AvgIpc) is 2.87. The number of benzene rings is 2. The van der Waals surface area contributed by atoms with E-state index in [9.17, 15) is 14.4 Å². The molecule has 2 aliphatic heterocycles. The summed E-state index contributed by atoms with van der Waals surface area (Å²) in [5, 5.41) is 0. The molecule has 0 bridgehead atoms. The summed E-state index contributed by atoms with van der Waals surface area (Å²) in [5.41, 5.74) is 2.56. The summed E-state index contributed by atoms with van der Waals surface area (Å²) in [6.07, 6.45) is 3.64. The zero-order chi connectivity index (χ0) is 25.2. The summed E-state index contributed by atoms with van der Waals surface area (Å²) in [6, 6.07) is 13.2. The van der Waals surface area contributed by atoms with Gasteiger partial charge in [-0.25, -0.2) is 4.79 Å². The third kappa shape index (κ3) is 4.95. The number of hydrogen-bond donors (Lipinski definition) is 0. The number of ether oxygens (including phenoxy) is 2. The van der Waals surface area contributed by atoms with Gasteiger partial charge in [-0.05, 0) is 54.5 Å². The summed E-state index contributed by atoms with van der Waals surface area (Å²) < 4.78 is 12.0. The summed E-state index contributed by atoms with van der Waals surface area (Å²) >= 11 is 0. The molecule has 0 unspecified atom stereocenters. The molecule has 0 amide bonds. The smallest absolute Gasteiger partial charge is 0.343 e. The lowest BCUT2D eigenvalue weighted by molar-refractivity contribution is -0.182. The van der Waals surface area contributed by atoms with Gasteiger partial charge in [0.05, 0.1) is 0 Å². The Morgan fingerprint density at radius 2 is 1.83 bits per heavy atom. The molecule has 2 aromatic rings. The van der Waals surface area contributed by atoms with Crippen LogP contribution in [0.2, 0.25) is 0 Å². The Hall–Kier alpha value is -2.83. The number of nitrogens with zero attached hydrogens (tertiary/aromatic N) is 1. The minimum Gasteiger partial charge on any atom is -0.460 e. The Kier molecular flexibility index (Phi) is 7.53. The molecule has 1 fully saturated rings. The van der Waals surface area contributed by atoms with Gasteiger partial charge in [0.25, 0.3) is 0 Å². The lowest BCUT2D eigenvalue weighted by Crippen LogP contribution is -2.51. The molecule has 0 N–H and O–H groups in total. The zero-order valence-corrected chi connectivity index (χ0v) is 21.0. The van der Waals surface area contributed by atoms with E-state index in [1.807, 2.05) is 42.5 Å². The number of piperidine rings is 1. The molecule has 0 spiro atoms. The van der Waals surface area contributed by atoms with E-state index in [0.717, 1.165) is 55.2 Å². The first kappa shape index (κ1) is 25.3. The van der Waals surface area contributed by atoms with Gasteiger partial charge in [0.15, 0.2) is 18.2 Å². The van der Waals surface area contributed by atoms with Gasteiger partial charge in [-0.3, -0.25) is 14.5 Å². The van der Waals surface area contributed by atoms with Crippen molar-refractivity contribution in [1.29, 1.82) is 0 Å². The summed E-state index contributed by atoms with van der Waals surface area (Å²) in [6.45, 7) is 7.84. The topological polar surface area (TPSA) is 72.9 Å². The van der Waals surface area contributed by atoms with Crippen LogP contribution in [0.15, 0.2) is 42.5 Å². The SMILES string of the molecule is CO[C@@](C)(C(=O)O[C@@H]1C[C@H]2c3cc(C=O)c(C=O)cc3CCN2C[C@H]1CC(C)C)c1ccccc1. The van der Waals surface area contributed by atoms with Crippen LogP contribution in [-0.2, 0) is 26.3 Å². The van der Waals surface area contributed by atoms with Gasteiger partial charge in [0.2, 0.25) is 0 Å². The number of carbonyl (C=O) groups excluding carboxylic acids is 3. The number of methoxy groups -OCH3 is 1. The molecule has 6 nitrogen and oxygen atoms in total. The molecule has 0 saturated carbocycles. The summed E-state index contributed by atoms with van der Waals surface area (Å²) in [7, 11) is 1.53.